The predicted molar refractivity (Wildman–Crippen MR) is 72.5 cm³/mol. The zero-order chi connectivity index (χ0) is 12.6. The molecule has 1 N–H and O–H groups in total. The molecule has 0 atom stereocenters. The minimum atomic E-state index is -0.273. The van der Waals surface area contributed by atoms with Gasteiger partial charge >= 0.3 is 0 Å². The number of rotatable bonds is 1. The van der Waals surface area contributed by atoms with Crippen LogP contribution < -0.4 is 5.56 Å². The van der Waals surface area contributed by atoms with Gasteiger partial charge in [0.25, 0.3) is 0 Å². The molecule has 0 bridgehead atoms. The van der Waals surface area contributed by atoms with Gasteiger partial charge in [-0.15, -0.1) is 0 Å². The molecule has 0 aliphatic rings. The van der Waals surface area contributed by atoms with E-state index >= 15 is 0 Å². The van der Waals surface area contributed by atoms with Gasteiger partial charge in [-0.05, 0) is 23.8 Å². The van der Waals surface area contributed by atoms with Crippen LogP contribution in [0, 0.1) is 0 Å². The maximum atomic E-state index is 11.0. The Morgan fingerprint density at radius 3 is 2.06 bits per heavy atom. The van der Waals surface area contributed by atoms with Gasteiger partial charge in [-0.25, -0.2) is 0 Å². The first kappa shape index (κ1) is 12.8. The average molecular weight is 309 g/mol. The summed E-state index contributed by atoms with van der Waals surface area (Å²) >= 11 is 23.6. The Labute approximate surface area is 117 Å². The van der Waals surface area contributed by atoms with E-state index in [0.29, 0.717) is 21.2 Å². The first-order valence-corrected chi connectivity index (χ1v) is 6.04. The number of aromatic nitrogens is 1. The number of hydrogen-bond donors (Lipinski definition) is 1. The highest BCUT2D eigenvalue weighted by Gasteiger charge is 2.10. The molecule has 0 aliphatic heterocycles. The fourth-order valence-electron chi connectivity index (χ4n) is 1.38. The van der Waals surface area contributed by atoms with Crippen molar-refractivity contribution in [2.24, 2.45) is 0 Å². The maximum Gasteiger partial charge on any atom is 0.249 e. The van der Waals surface area contributed by atoms with Crippen LogP contribution in [0.5, 0.6) is 0 Å². The second kappa shape index (κ2) is 4.91. The van der Waals surface area contributed by atoms with Gasteiger partial charge in [0.2, 0.25) is 5.56 Å². The second-order valence-electron chi connectivity index (χ2n) is 3.30. The molecule has 1 heterocycles. The Kier molecular flexibility index (Phi) is 3.69. The van der Waals surface area contributed by atoms with Crippen molar-refractivity contribution >= 4 is 46.4 Å². The van der Waals surface area contributed by atoms with E-state index in [4.69, 9.17) is 46.4 Å². The smallest absolute Gasteiger partial charge is 0.249 e. The second-order valence-corrected chi connectivity index (χ2v) is 4.87. The largest absolute Gasteiger partial charge is 0.312 e. The van der Waals surface area contributed by atoms with Crippen LogP contribution in [0.1, 0.15) is 0 Å². The molecule has 2 rings (SSSR count). The zero-order valence-corrected chi connectivity index (χ0v) is 11.3. The molecule has 0 spiro atoms. The van der Waals surface area contributed by atoms with E-state index in [9.17, 15) is 4.79 Å². The van der Waals surface area contributed by atoms with Gasteiger partial charge in [0, 0.05) is 11.6 Å². The molecular formula is C11H5Cl4NO. The summed E-state index contributed by atoms with van der Waals surface area (Å²) in [6.07, 6.45) is 0. The van der Waals surface area contributed by atoms with Crippen LogP contribution in [-0.2, 0) is 0 Å². The van der Waals surface area contributed by atoms with Crippen molar-refractivity contribution in [1.82, 2.24) is 4.98 Å². The standard InChI is InChI=1S/C11H5Cl4NO/c12-7-3-5(4-8(13)10(7)14)6-1-2-9(17)16-11(6)15/h1-4H,(H,16,17). The third-order valence-electron chi connectivity index (χ3n) is 2.17. The van der Waals surface area contributed by atoms with E-state index in [1.807, 2.05) is 0 Å². The molecule has 0 saturated heterocycles. The normalized spacial score (nSPS) is 10.6. The van der Waals surface area contributed by atoms with Gasteiger partial charge in [-0.1, -0.05) is 46.4 Å². The summed E-state index contributed by atoms with van der Waals surface area (Å²) in [5.41, 5.74) is 1.04. The van der Waals surface area contributed by atoms with Crippen molar-refractivity contribution < 1.29 is 0 Å². The van der Waals surface area contributed by atoms with Gasteiger partial charge in [0.05, 0.1) is 15.1 Å². The van der Waals surface area contributed by atoms with Crippen LogP contribution in [-0.4, -0.2) is 4.98 Å². The Morgan fingerprint density at radius 2 is 1.53 bits per heavy atom. The summed E-state index contributed by atoms with van der Waals surface area (Å²) in [7, 11) is 0. The van der Waals surface area contributed by atoms with Gasteiger partial charge in [-0.3, -0.25) is 4.79 Å². The Morgan fingerprint density at radius 1 is 0.941 bits per heavy atom. The molecule has 6 heteroatoms. The molecule has 1 aromatic carbocycles. The summed E-state index contributed by atoms with van der Waals surface area (Å²) in [5, 5.41) is 1.18. The van der Waals surface area contributed by atoms with Crippen molar-refractivity contribution in [3.8, 4) is 11.1 Å². The van der Waals surface area contributed by atoms with Crippen molar-refractivity contribution in [3.05, 3.63) is 54.8 Å². The molecule has 0 amide bonds. The highest BCUT2D eigenvalue weighted by atomic mass is 35.5. The van der Waals surface area contributed by atoms with E-state index in [1.165, 1.54) is 6.07 Å². The summed E-state index contributed by atoms with van der Waals surface area (Å²) in [6, 6.07) is 6.24. The topological polar surface area (TPSA) is 32.9 Å². The number of nitrogens with one attached hydrogen (secondary N) is 1. The lowest BCUT2D eigenvalue weighted by molar-refractivity contribution is 1.24. The molecule has 2 nitrogen and oxygen atoms in total. The lowest BCUT2D eigenvalue weighted by Gasteiger charge is -2.07. The molecule has 0 fully saturated rings. The fourth-order valence-corrected chi connectivity index (χ4v) is 2.24. The van der Waals surface area contributed by atoms with E-state index in [-0.39, 0.29) is 15.7 Å². The number of benzene rings is 1. The quantitative estimate of drug-likeness (QED) is 0.603. The summed E-state index contributed by atoms with van der Waals surface area (Å²) in [4.78, 5) is 13.5. The lowest BCUT2D eigenvalue weighted by atomic mass is 10.1. The van der Waals surface area contributed by atoms with Gasteiger partial charge in [0.1, 0.15) is 5.15 Å². The third kappa shape index (κ3) is 2.61. The van der Waals surface area contributed by atoms with Crippen molar-refractivity contribution in [2.45, 2.75) is 0 Å². The van der Waals surface area contributed by atoms with Crippen LogP contribution in [0.3, 0.4) is 0 Å². The van der Waals surface area contributed by atoms with Gasteiger partial charge in [-0.2, -0.15) is 0 Å². The van der Waals surface area contributed by atoms with E-state index in [0.717, 1.165) is 0 Å². The Bertz CT molecular complexity index is 613. The van der Waals surface area contributed by atoms with Crippen molar-refractivity contribution in [1.29, 1.82) is 0 Å². The monoisotopic (exact) mass is 307 g/mol. The molecule has 2 aromatic rings. The van der Waals surface area contributed by atoms with E-state index in [2.05, 4.69) is 4.98 Å². The number of halogens is 4. The zero-order valence-electron chi connectivity index (χ0n) is 8.23. The van der Waals surface area contributed by atoms with Crippen LogP contribution in [0.15, 0.2) is 29.1 Å². The molecule has 0 radical (unpaired) electrons. The highest BCUT2D eigenvalue weighted by Crippen LogP contribution is 2.36. The Balaban J connectivity index is 2.65. The van der Waals surface area contributed by atoms with Crippen LogP contribution in [0.25, 0.3) is 11.1 Å². The molecule has 88 valence electrons. The molecule has 17 heavy (non-hydrogen) atoms. The maximum absolute atomic E-state index is 11.0. The minimum absolute atomic E-state index is 0.229. The van der Waals surface area contributed by atoms with Crippen LogP contribution >= 0.6 is 46.4 Å². The fraction of sp³-hybridized carbons (Fsp3) is 0. The molecule has 0 aliphatic carbocycles. The molecule has 1 aromatic heterocycles. The first-order chi connectivity index (χ1) is 7.99. The third-order valence-corrected chi connectivity index (χ3v) is 3.66. The average Bonchev–Trinajstić information content (AvgIpc) is 2.25. The van der Waals surface area contributed by atoms with E-state index < -0.39 is 0 Å². The van der Waals surface area contributed by atoms with Gasteiger partial charge < -0.3 is 4.98 Å². The van der Waals surface area contributed by atoms with Crippen molar-refractivity contribution in [2.75, 3.05) is 0 Å². The number of H-pyrrole nitrogens is 1. The van der Waals surface area contributed by atoms with Crippen LogP contribution in [0.4, 0.5) is 0 Å². The van der Waals surface area contributed by atoms with Crippen molar-refractivity contribution in [3.63, 3.8) is 0 Å². The molecular weight excluding hydrogens is 304 g/mol. The summed E-state index contributed by atoms with van der Waals surface area (Å²) < 4.78 is 0. The molecule has 0 unspecified atom stereocenters. The van der Waals surface area contributed by atoms with E-state index in [1.54, 1.807) is 18.2 Å². The predicted octanol–water partition coefficient (Wildman–Crippen LogP) is 4.66. The van der Waals surface area contributed by atoms with Crippen LogP contribution in [0.2, 0.25) is 20.2 Å². The number of pyridine rings is 1. The Hall–Kier alpha value is -0.670. The highest BCUT2D eigenvalue weighted by molar-refractivity contribution is 6.48. The number of aromatic amines is 1. The summed E-state index contributed by atoms with van der Waals surface area (Å²) in [6.45, 7) is 0. The SMILES string of the molecule is O=c1ccc(-c2cc(Cl)c(Cl)c(Cl)c2)c(Cl)[nH]1. The minimum Gasteiger partial charge on any atom is -0.312 e. The first-order valence-electron chi connectivity index (χ1n) is 4.53. The number of hydrogen-bond acceptors (Lipinski definition) is 1. The van der Waals surface area contributed by atoms with Gasteiger partial charge in [0.15, 0.2) is 0 Å². The summed E-state index contributed by atoms with van der Waals surface area (Å²) in [5.74, 6) is 0. The lowest BCUT2D eigenvalue weighted by Crippen LogP contribution is -2.03. The molecule has 0 saturated carbocycles.